The monoisotopic (exact) mass is 324 g/mol. The van der Waals surface area contributed by atoms with Crippen LogP contribution < -0.4 is 10.5 Å². The Hall–Kier alpha value is -1.56. The maximum atomic E-state index is 5.82. The fourth-order valence-electron chi connectivity index (χ4n) is 1.81. The van der Waals surface area contributed by atoms with E-state index >= 15 is 0 Å². The molecule has 0 aliphatic rings. The molecule has 102 valence electrons. The van der Waals surface area contributed by atoms with E-state index in [1.807, 2.05) is 30.8 Å². The first-order valence-corrected chi connectivity index (χ1v) is 6.88. The molecular weight excluding hydrogens is 308 g/mol. The van der Waals surface area contributed by atoms with Crippen molar-refractivity contribution in [1.82, 2.24) is 14.8 Å². The molecule has 2 aromatic heterocycles. The zero-order valence-electron chi connectivity index (χ0n) is 11.3. The second kappa shape index (κ2) is 5.61. The van der Waals surface area contributed by atoms with Crippen LogP contribution in [0.3, 0.4) is 0 Å². The maximum absolute atomic E-state index is 5.82. The molecule has 0 atom stereocenters. The van der Waals surface area contributed by atoms with Gasteiger partial charge in [-0.3, -0.25) is 4.68 Å². The van der Waals surface area contributed by atoms with E-state index in [2.05, 4.69) is 32.9 Å². The molecule has 0 saturated carbocycles. The number of rotatable bonds is 4. The smallest absolute Gasteiger partial charge is 0.166 e. The summed E-state index contributed by atoms with van der Waals surface area (Å²) in [6, 6.07) is 3.71. The second-order valence-corrected chi connectivity index (χ2v) is 5.10. The van der Waals surface area contributed by atoms with Crippen molar-refractivity contribution < 1.29 is 4.74 Å². The third-order valence-corrected chi connectivity index (χ3v) is 3.81. The van der Waals surface area contributed by atoms with Crippen LogP contribution in [0.1, 0.15) is 24.0 Å². The van der Waals surface area contributed by atoms with Crippen molar-refractivity contribution in [3.05, 3.63) is 33.7 Å². The van der Waals surface area contributed by atoms with Crippen LogP contribution >= 0.6 is 15.9 Å². The van der Waals surface area contributed by atoms with Gasteiger partial charge < -0.3 is 10.5 Å². The van der Waals surface area contributed by atoms with Gasteiger partial charge in [-0.05, 0) is 41.4 Å². The molecule has 2 aromatic rings. The highest BCUT2D eigenvalue weighted by atomic mass is 79.9. The molecule has 6 heteroatoms. The molecular formula is C13H17BrN4O. The normalized spacial score (nSPS) is 10.7. The molecule has 0 aliphatic carbocycles. The summed E-state index contributed by atoms with van der Waals surface area (Å²) in [7, 11) is 1.90. The van der Waals surface area contributed by atoms with Crippen molar-refractivity contribution in [2.75, 3.05) is 5.73 Å². The highest BCUT2D eigenvalue weighted by Gasteiger charge is 2.13. The zero-order valence-corrected chi connectivity index (χ0v) is 12.9. The molecule has 0 fully saturated rings. The van der Waals surface area contributed by atoms with Crippen LogP contribution in [-0.4, -0.2) is 14.8 Å². The molecule has 0 saturated heterocycles. The van der Waals surface area contributed by atoms with Crippen molar-refractivity contribution in [2.24, 2.45) is 7.05 Å². The minimum absolute atomic E-state index is 0.402. The van der Waals surface area contributed by atoms with Crippen LogP contribution in [0.4, 0.5) is 5.82 Å². The Bertz CT molecular complexity index is 595. The lowest BCUT2D eigenvalue weighted by atomic mass is 10.3. The van der Waals surface area contributed by atoms with E-state index in [-0.39, 0.29) is 0 Å². The molecule has 0 bridgehead atoms. The molecule has 2 heterocycles. The van der Waals surface area contributed by atoms with Gasteiger partial charge in [0, 0.05) is 12.7 Å². The third-order valence-electron chi connectivity index (χ3n) is 2.89. The van der Waals surface area contributed by atoms with Crippen LogP contribution in [-0.2, 0) is 20.1 Å². The minimum Gasteiger partial charge on any atom is -0.483 e. The summed E-state index contributed by atoms with van der Waals surface area (Å²) in [5.74, 6) is 1.01. The van der Waals surface area contributed by atoms with Crippen LogP contribution in [0.25, 0.3) is 0 Å². The molecule has 0 amide bonds. The number of anilines is 1. The highest BCUT2D eigenvalue weighted by Crippen LogP contribution is 2.25. The van der Waals surface area contributed by atoms with Crippen molar-refractivity contribution in [3.63, 3.8) is 0 Å². The van der Waals surface area contributed by atoms with Gasteiger partial charge in [-0.25, -0.2) is 4.98 Å². The summed E-state index contributed by atoms with van der Waals surface area (Å²) in [6.07, 6.45) is 0.878. The number of nitrogens with zero attached hydrogens (tertiary/aromatic N) is 3. The number of aromatic nitrogens is 3. The van der Waals surface area contributed by atoms with E-state index in [1.54, 1.807) is 0 Å². The lowest BCUT2D eigenvalue weighted by Crippen LogP contribution is -2.05. The number of pyridine rings is 1. The Morgan fingerprint density at radius 3 is 2.74 bits per heavy atom. The number of nitrogens with two attached hydrogens (primary N) is 1. The standard InChI is InChI=1S/C13H17BrN4O/c1-4-9-12(14)10(18(3)17-9)7-19-11-6-5-8(2)16-13(11)15/h5-6H,4,7H2,1-3H3,(H2,15,16). The molecule has 0 unspecified atom stereocenters. The SMILES string of the molecule is CCc1nn(C)c(COc2ccc(C)nc2N)c1Br. The second-order valence-electron chi connectivity index (χ2n) is 4.31. The van der Waals surface area contributed by atoms with Gasteiger partial charge >= 0.3 is 0 Å². The van der Waals surface area contributed by atoms with Gasteiger partial charge in [0.05, 0.1) is 15.9 Å². The van der Waals surface area contributed by atoms with Crippen molar-refractivity contribution in [2.45, 2.75) is 26.9 Å². The van der Waals surface area contributed by atoms with Crippen molar-refractivity contribution in [3.8, 4) is 5.75 Å². The predicted molar refractivity (Wildman–Crippen MR) is 78.0 cm³/mol. The Morgan fingerprint density at radius 1 is 1.42 bits per heavy atom. The maximum Gasteiger partial charge on any atom is 0.166 e. The minimum atomic E-state index is 0.402. The molecule has 5 nitrogen and oxygen atoms in total. The van der Waals surface area contributed by atoms with Crippen molar-refractivity contribution >= 4 is 21.7 Å². The fourth-order valence-corrected chi connectivity index (χ4v) is 2.54. The number of ether oxygens (including phenoxy) is 1. The highest BCUT2D eigenvalue weighted by molar-refractivity contribution is 9.10. The summed E-state index contributed by atoms with van der Waals surface area (Å²) in [5.41, 5.74) is 8.70. The average molecular weight is 325 g/mol. The number of aryl methyl sites for hydroxylation is 3. The Morgan fingerprint density at radius 2 is 2.16 bits per heavy atom. The number of hydrogen-bond acceptors (Lipinski definition) is 4. The topological polar surface area (TPSA) is 66.0 Å². The van der Waals surface area contributed by atoms with Gasteiger partial charge in [0.15, 0.2) is 11.6 Å². The first-order chi connectivity index (χ1) is 9.02. The van der Waals surface area contributed by atoms with Crippen molar-refractivity contribution in [1.29, 1.82) is 0 Å². The summed E-state index contributed by atoms with van der Waals surface area (Å²) in [5, 5.41) is 4.42. The van der Waals surface area contributed by atoms with E-state index in [0.29, 0.717) is 18.2 Å². The first-order valence-electron chi connectivity index (χ1n) is 6.09. The molecule has 0 radical (unpaired) electrons. The molecule has 19 heavy (non-hydrogen) atoms. The third kappa shape index (κ3) is 2.89. The lowest BCUT2D eigenvalue weighted by Gasteiger charge is -2.09. The predicted octanol–water partition coefficient (Wildman–Crippen LogP) is 2.61. The molecule has 0 aromatic carbocycles. The number of hydrogen-bond donors (Lipinski definition) is 1. The summed E-state index contributed by atoms with van der Waals surface area (Å²) in [4.78, 5) is 4.17. The van der Waals surface area contributed by atoms with Crippen LogP contribution in [0.15, 0.2) is 16.6 Å². The largest absolute Gasteiger partial charge is 0.483 e. The van der Waals surface area contributed by atoms with Gasteiger partial charge in [-0.1, -0.05) is 6.92 Å². The molecule has 0 aliphatic heterocycles. The van der Waals surface area contributed by atoms with E-state index in [9.17, 15) is 0 Å². The van der Waals surface area contributed by atoms with E-state index in [1.165, 1.54) is 0 Å². The summed E-state index contributed by atoms with van der Waals surface area (Å²) < 4.78 is 8.54. The fraction of sp³-hybridized carbons (Fsp3) is 0.385. The Labute approximate surface area is 120 Å². The van der Waals surface area contributed by atoms with E-state index in [4.69, 9.17) is 10.5 Å². The summed E-state index contributed by atoms with van der Waals surface area (Å²) >= 11 is 3.56. The van der Waals surface area contributed by atoms with Crippen LogP contribution in [0.2, 0.25) is 0 Å². The van der Waals surface area contributed by atoms with Gasteiger partial charge in [-0.15, -0.1) is 0 Å². The Kier molecular flexibility index (Phi) is 4.09. The zero-order chi connectivity index (χ0) is 14.0. The Balaban J connectivity index is 2.16. The molecule has 2 rings (SSSR count). The number of halogens is 1. The quantitative estimate of drug-likeness (QED) is 0.938. The van der Waals surface area contributed by atoms with Gasteiger partial charge in [0.25, 0.3) is 0 Å². The van der Waals surface area contributed by atoms with Gasteiger partial charge in [0.2, 0.25) is 0 Å². The average Bonchev–Trinajstić information content (AvgIpc) is 2.64. The number of nitrogen functional groups attached to an aromatic ring is 1. The van der Waals surface area contributed by atoms with Crippen LogP contribution in [0, 0.1) is 6.92 Å². The van der Waals surface area contributed by atoms with Gasteiger partial charge in [-0.2, -0.15) is 5.10 Å². The molecule has 0 spiro atoms. The molecule has 2 N–H and O–H groups in total. The van der Waals surface area contributed by atoms with Crippen LogP contribution in [0.5, 0.6) is 5.75 Å². The van der Waals surface area contributed by atoms with Gasteiger partial charge in [0.1, 0.15) is 6.61 Å². The first kappa shape index (κ1) is 13.9. The van der Waals surface area contributed by atoms with E-state index in [0.717, 1.165) is 28.0 Å². The summed E-state index contributed by atoms with van der Waals surface area (Å²) in [6.45, 7) is 4.37. The van der Waals surface area contributed by atoms with E-state index < -0.39 is 0 Å². The lowest BCUT2D eigenvalue weighted by molar-refractivity contribution is 0.294.